The number of furan rings is 2. The average molecular weight is 288 g/mol. The summed E-state index contributed by atoms with van der Waals surface area (Å²) in [6.07, 6.45) is 5.59. The molecule has 5 nitrogen and oxygen atoms in total. The van der Waals surface area contributed by atoms with Gasteiger partial charge in [-0.2, -0.15) is 0 Å². The number of nitrogens with one attached hydrogen (secondary N) is 1. The maximum atomic E-state index is 12.2. The standard InChI is InChI=1S/C16H20N2O3/c1-12(15-5-3-9-21-15)17-16(19)11-18(13-6-7-13)10-14-4-2-8-20-14/h2-5,8-9,12-13H,6-7,10-11H2,1H3,(H,17,19). The van der Waals surface area contributed by atoms with E-state index in [2.05, 4.69) is 10.2 Å². The molecule has 0 radical (unpaired) electrons. The average Bonchev–Trinajstić information content (AvgIpc) is 2.94. The first-order valence-corrected chi connectivity index (χ1v) is 7.31. The summed E-state index contributed by atoms with van der Waals surface area (Å²) in [4.78, 5) is 14.4. The van der Waals surface area contributed by atoms with Crippen molar-refractivity contribution in [2.24, 2.45) is 0 Å². The number of carbonyl (C=O) groups excluding carboxylic acids is 1. The normalized spacial score (nSPS) is 16.1. The number of hydrogen-bond donors (Lipinski definition) is 1. The van der Waals surface area contributed by atoms with Gasteiger partial charge >= 0.3 is 0 Å². The van der Waals surface area contributed by atoms with E-state index in [1.807, 2.05) is 31.2 Å². The van der Waals surface area contributed by atoms with Crippen LogP contribution in [0.4, 0.5) is 0 Å². The van der Waals surface area contributed by atoms with Gasteiger partial charge < -0.3 is 14.2 Å². The summed E-state index contributed by atoms with van der Waals surface area (Å²) in [6, 6.07) is 7.90. The monoisotopic (exact) mass is 288 g/mol. The minimum Gasteiger partial charge on any atom is -0.468 e. The van der Waals surface area contributed by atoms with Crippen LogP contribution in [0.1, 0.15) is 37.3 Å². The van der Waals surface area contributed by atoms with Gasteiger partial charge in [0.25, 0.3) is 0 Å². The van der Waals surface area contributed by atoms with Crippen molar-refractivity contribution in [1.29, 1.82) is 0 Å². The Morgan fingerprint density at radius 1 is 1.33 bits per heavy atom. The van der Waals surface area contributed by atoms with E-state index in [0.29, 0.717) is 19.1 Å². The topological polar surface area (TPSA) is 58.6 Å². The van der Waals surface area contributed by atoms with Crippen LogP contribution in [-0.2, 0) is 11.3 Å². The van der Waals surface area contributed by atoms with E-state index in [0.717, 1.165) is 24.4 Å². The third-order valence-electron chi connectivity index (χ3n) is 3.70. The fourth-order valence-corrected chi connectivity index (χ4v) is 2.44. The quantitative estimate of drug-likeness (QED) is 0.851. The molecule has 0 saturated heterocycles. The summed E-state index contributed by atoms with van der Waals surface area (Å²) in [7, 11) is 0. The van der Waals surface area contributed by atoms with Crippen LogP contribution in [0.5, 0.6) is 0 Å². The van der Waals surface area contributed by atoms with E-state index < -0.39 is 0 Å². The molecule has 0 aliphatic heterocycles. The molecule has 2 aromatic heterocycles. The van der Waals surface area contributed by atoms with Gasteiger partial charge in [-0.05, 0) is 44.0 Å². The molecule has 1 N–H and O–H groups in total. The van der Waals surface area contributed by atoms with Crippen LogP contribution in [0.3, 0.4) is 0 Å². The van der Waals surface area contributed by atoms with Crippen LogP contribution >= 0.6 is 0 Å². The van der Waals surface area contributed by atoms with Gasteiger partial charge in [0.1, 0.15) is 11.5 Å². The number of amides is 1. The van der Waals surface area contributed by atoms with E-state index in [1.165, 1.54) is 0 Å². The van der Waals surface area contributed by atoms with Crippen molar-refractivity contribution in [3.05, 3.63) is 48.3 Å². The molecule has 1 unspecified atom stereocenters. The maximum Gasteiger partial charge on any atom is 0.234 e. The lowest BCUT2D eigenvalue weighted by Crippen LogP contribution is -2.39. The number of hydrogen-bond acceptors (Lipinski definition) is 4. The third kappa shape index (κ3) is 3.76. The Morgan fingerprint density at radius 3 is 2.71 bits per heavy atom. The van der Waals surface area contributed by atoms with Gasteiger partial charge in [-0.3, -0.25) is 9.69 Å². The highest BCUT2D eigenvalue weighted by Crippen LogP contribution is 2.28. The van der Waals surface area contributed by atoms with Crippen molar-refractivity contribution in [2.75, 3.05) is 6.54 Å². The zero-order valence-electron chi connectivity index (χ0n) is 12.1. The molecule has 5 heteroatoms. The smallest absolute Gasteiger partial charge is 0.234 e. The summed E-state index contributed by atoms with van der Waals surface area (Å²) in [5.41, 5.74) is 0. The highest BCUT2D eigenvalue weighted by Gasteiger charge is 2.31. The molecule has 21 heavy (non-hydrogen) atoms. The third-order valence-corrected chi connectivity index (χ3v) is 3.70. The largest absolute Gasteiger partial charge is 0.468 e. The molecule has 1 fully saturated rings. The number of carbonyl (C=O) groups is 1. The van der Waals surface area contributed by atoms with Gasteiger partial charge in [0.15, 0.2) is 0 Å². The molecule has 0 aromatic carbocycles. The predicted octanol–water partition coefficient (Wildman–Crippen LogP) is 2.71. The van der Waals surface area contributed by atoms with Crippen molar-refractivity contribution >= 4 is 5.91 Å². The lowest BCUT2D eigenvalue weighted by molar-refractivity contribution is -0.123. The Bertz CT molecular complexity index is 558. The lowest BCUT2D eigenvalue weighted by atomic mass is 10.2. The van der Waals surface area contributed by atoms with Crippen molar-refractivity contribution in [1.82, 2.24) is 10.2 Å². The van der Waals surface area contributed by atoms with Gasteiger partial charge in [-0.1, -0.05) is 0 Å². The van der Waals surface area contributed by atoms with Crippen LogP contribution in [0, 0.1) is 0 Å². The van der Waals surface area contributed by atoms with Crippen LogP contribution in [0.15, 0.2) is 45.6 Å². The molecule has 2 aromatic rings. The first-order chi connectivity index (χ1) is 10.2. The summed E-state index contributed by atoms with van der Waals surface area (Å²) >= 11 is 0. The summed E-state index contributed by atoms with van der Waals surface area (Å²) < 4.78 is 10.7. The SMILES string of the molecule is CC(NC(=O)CN(Cc1ccco1)C1CC1)c1ccco1. The van der Waals surface area contributed by atoms with Crippen molar-refractivity contribution in [3.63, 3.8) is 0 Å². The second-order valence-electron chi connectivity index (χ2n) is 5.52. The van der Waals surface area contributed by atoms with Gasteiger partial charge in [0.05, 0.1) is 31.7 Å². The van der Waals surface area contributed by atoms with Crippen molar-refractivity contribution < 1.29 is 13.6 Å². The molecule has 1 saturated carbocycles. The van der Waals surface area contributed by atoms with Crippen LogP contribution in [0.25, 0.3) is 0 Å². The molecule has 0 bridgehead atoms. The fraction of sp³-hybridized carbons (Fsp3) is 0.438. The fourth-order valence-electron chi connectivity index (χ4n) is 2.44. The van der Waals surface area contributed by atoms with Crippen LogP contribution in [-0.4, -0.2) is 23.4 Å². The Kier molecular flexibility index (Phi) is 4.10. The molecular weight excluding hydrogens is 268 g/mol. The zero-order valence-corrected chi connectivity index (χ0v) is 12.1. The van der Waals surface area contributed by atoms with Crippen LogP contribution < -0.4 is 5.32 Å². The molecule has 2 heterocycles. The molecule has 1 aliphatic carbocycles. The second-order valence-corrected chi connectivity index (χ2v) is 5.52. The van der Waals surface area contributed by atoms with E-state index >= 15 is 0 Å². The second kappa shape index (κ2) is 6.18. The van der Waals surface area contributed by atoms with Gasteiger partial charge in [0, 0.05) is 6.04 Å². The molecule has 1 atom stereocenters. The van der Waals surface area contributed by atoms with Gasteiger partial charge in [0.2, 0.25) is 5.91 Å². The Labute approximate surface area is 123 Å². The molecule has 3 rings (SSSR count). The Balaban J connectivity index is 1.54. The predicted molar refractivity (Wildman–Crippen MR) is 77.4 cm³/mol. The Hall–Kier alpha value is -2.01. The highest BCUT2D eigenvalue weighted by molar-refractivity contribution is 5.78. The van der Waals surface area contributed by atoms with E-state index in [4.69, 9.17) is 8.83 Å². The molecule has 112 valence electrons. The van der Waals surface area contributed by atoms with Crippen molar-refractivity contribution in [3.8, 4) is 0 Å². The number of rotatable bonds is 7. The first-order valence-electron chi connectivity index (χ1n) is 7.31. The number of nitrogens with zero attached hydrogens (tertiary/aromatic N) is 1. The van der Waals surface area contributed by atoms with Gasteiger partial charge in [-0.15, -0.1) is 0 Å². The van der Waals surface area contributed by atoms with E-state index in [1.54, 1.807) is 12.5 Å². The van der Waals surface area contributed by atoms with Gasteiger partial charge in [-0.25, -0.2) is 0 Å². The maximum absolute atomic E-state index is 12.2. The molecule has 1 amide bonds. The lowest BCUT2D eigenvalue weighted by Gasteiger charge is -2.21. The van der Waals surface area contributed by atoms with E-state index in [9.17, 15) is 4.79 Å². The first kappa shape index (κ1) is 13.9. The summed E-state index contributed by atoms with van der Waals surface area (Å²) in [5.74, 6) is 1.68. The highest BCUT2D eigenvalue weighted by atomic mass is 16.3. The molecular formula is C16H20N2O3. The van der Waals surface area contributed by atoms with Crippen LogP contribution in [0.2, 0.25) is 0 Å². The molecule has 1 aliphatic rings. The zero-order chi connectivity index (χ0) is 14.7. The Morgan fingerprint density at radius 2 is 2.10 bits per heavy atom. The molecule has 0 spiro atoms. The minimum absolute atomic E-state index is 0.0114. The minimum atomic E-state index is -0.114. The van der Waals surface area contributed by atoms with Crippen molar-refractivity contribution in [2.45, 2.75) is 38.4 Å². The summed E-state index contributed by atoms with van der Waals surface area (Å²) in [6.45, 7) is 2.99. The summed E-state index contributed by atoms with van der Waals surface area (Å²) in [5, 5.41) is 2.97. The van der Waals surface area contributed by atoms with E-state index in [-0.39, 0.29) is 11.9 Å².